The lowest BCUT2D eigenvalue weighted by molar-refractivity contribution is -0.120. The number of aryl methyl sites for hydroxylation is 1. The molecule has 1 nitrogen and oxygen atoms in total. The molecule has 1 aromatic rings. The van der Waals surface area contributed by atoms with Gasteiger partial charge in [0, 0.05) is 12.3 Å². The Morgan fingerprint density at radius 3 is 2.27 bits per heavy atom. The van der Waals surface area contributed by atoms with E-state index in [1.165, 1.54) is 0 Å². The Labute approximate surface area is 90.3 Å². The van der Waals surface area contributed by atoms with Crippen molar-refractivity contribution in [3.05, 3.63) is 35.4 Å². The molecule has 0 saturated carbocycles. The molecule has 82 valence electrons. The standard InChI is InChI=1S/C13H17FO/c1-10(11(2)15)9-13-5-3-12(4-6-13)7-8-14/h3-6,10H,7-9H2,1-2H3. The van der Waals surface area contributed by atoms with Crippen LogP contribution in [0.3, 0.4) is 0 Å². The molecule has 0 bridgehead atoms. The number of hydrogen-bond acceptors (Lipinski definition) is 1. The van der Waals surface area contributed by atoms with Gasteiger partial charge in [-0.15, -0.1) is 0 Å². The highest BCUT2D eigenvalue weighted by atomic mass is 19.1. The molecule has 0 N–H and O–H groups in total. The Balaban J connectivity index is 2.60. The first-order valence-corrected chi connectivity index (χ1v) is 5.27. The summed E-state index contributed by atoms with van der Waals surface area (Å²) in [6.07, 6.45) is 1.24. The Morgan fingerprint density at radius 2 is 1.80 bits per heavy atom. The number of hydrogen-bond donors (Lipinski definition) is 0. The van der Waals surface area contributed by atoms with Crippen molar-refractivity contribution in [3.8, 4) is 0 Å². The molecule has 0 aliphatic carbocycles. The van der Waals surface area contributed by atoms with Gasteiger partial charge in [-0.1, -0.05) is 31.2 Å². The molecule has 15 heavy (non-hydrogen) atoms. The lowest BCUT2D eigenvalue weighted by Gasteiger charge is -2.07. The first kappa shape index (κ1) is 11.9. The summed E-state index contributed by atoms with van der Waals surface area (Å²) in [6.45, 7) is 3.23. The predicted octanol–water partition coefficient (Wildman–Crippen LogP) is 2.97. The second-order valence-electron chi connectivity index (χ2n) is 3.97. The summed E-state index contributed by atoms with van der Waals surface area (Å²) in [6, 6.07) is 7.82. The van der Waals surface area contributed by atoms with Crippen molar-refractivity contribution in [1.82, 2.24) is 0 Å². The van der Waals surface area contributed by atoms with Gasteiger partial charge in [-0.05, 0) is 24.5 Å². The highest BCUT2D eigenvalue weighted by molar-refractivity contribution is 5.78. The van der Waals surface area contributed by atoms with Gasteiger partial charge in [0.25, 0.3) is 0 Å². The van der Waals surface area contributed by atoms with Crippen LogP contribution in [0.5, 0.6) is 0 Å². The molecular weight excluding hydrogens is 191 g/mol. The van der Waals surface area contributed by atoms with Crippen LogP contribution in [0.25, 0.3) is 0 Å². The smallest absolute Gasteiger partial charge is 0.132 e. The molecule has 0 radical (unpaired) electrons. The zero-order valence-electron chi connectivity index (χ0n) is 9.29. The van der Waals surface area contributed by atoms with Crippen molar-refractivity contribution >= 4 is 5.78 Å². The number of ketones is 1. The second kappa shape index (κ2) is 5.64. The van der Waals surface area contributed by atoms with Crippen LogP contribution >= 0.6 is 0 Å². The minimum absolute atomic E-state index is 0.0667. The van der Waals surface area contributed by atoms with Crippen LogP contribution in [0, 0.1) is 5.92 Å². The molecular formula is C13H17FO. The van der Waals surface area contributed by atoms with Crippen LogP contribution in [-0.2, 0) is 17.6 Å². The van der Waals surface area contributed by atoms with Gasteiger partial charge in [-0.2, -0.15) is 0 Å². The zero-order valence-corrected chi connectivity index (χ0v) is 9.29. The number of alkyl halides is 1. The summed E-state index contributed by atoms with van der Waals surface area (Å²) < 4.78 is 12.1. The third kappa shape index (κ3) is 3.82. The maximum atomic E-state index is 12.1. The van der Waals surface area contributed by atoms with Crippen LogP contribution in [0.15, 0.2) is 24.3 Å². The van der Waals surface area contributed by atoms with E-state index in [0.29, 0.717) is 6.42 Å². The molecule has 0 heterocycles. The Morgan fingerprint density at radius 1 is 1.27 bits per heavy atom. The van der Waals surface area contributed by atoms with Crippen molar-refractivity contribution in [2.24, 2.45) is 5.92 Å². The molecule has 0 amide bonds. The van der Waals surface area contributed by atoms with E-state index >= 15 is 0 Å². The summed E-state index contributed by atoms with van der Waals surface area (Å²) in [5.41, 5.74) is 2.15. The monoisotopic (exact) mass is 208 g/mol. The van der Waals surface area contributed by atoms with Crippen LogP contribution in [0.1, 0.15) is 25.0 Å². The van der Waals surface area contributed by atoms with Crippen molar-refractivity contribution in [2.75, 3.05) is 6.67 Å². The fourth-order valence-electron chi connectivity index (χ4n) is 1.45. The van der Waals surface area contributed by atoms with Crippen LogP contribution in [0.2, 0.25) is 0 Å². The number of carbonyl (C=O) groups is 1. The summed E-state index contributed by atoms with van der Waals surface area (Å²) >= 11 is 0. The summed E-state index contributed by atoms with van der Waals surface area (Å²) in [7, 11) is 0. The van der Waals surface area contributed by atoms with Crippen molar-refractivity contribution in [3.63, 3.8) is 0 Å². The lowest BCUT2D eigenvalue weighted by Crippen LogP contribution is -2.09. The molecule has 1 aromatic carbocycles. The average Bonchev–Trinajstić information content (AvgIpc) is 2.21. The first-order valence-electron chi connectivity index (χ1n) is 5.27. The minimum atomic E-state index is -0.316. The van der Waals surface area contributed by atoms with E-state index in [1.807, 2.05) is 31.2 Å². The van der Waals surface area contributed by atoms with Crippen molar-refractivity contribution in [2.45, 2.75) is 26.7 Å². The Hall–Kier alpha value is -1.18. The number of halogens is 1. The molecule has 2 heteroatoms. The van der Waals surface area contributed by atoms with E-state index < -0.39 is 0 Å². The minimum Gasteiger partial charge on any atom is -0.300 e. The highest BCUT2D eigenvalue weighted by Crippen LogP contribution is 2.11. The van der Waals surface area contributed by atoms with E-state index in [1.54, 1.807) is 6.92 Å². The molecule has 0 spiro atoms. The largest absolute Gasteiger partial charge is 0.300 e. The van der Waals surface area contributed by atoms with Crippen LogP contribution in [0.4, 0.5) is 4.39 Å². The quantitative estimate of drug-likeness (QED) is 0.727. The van der Waals surface area contributed by atoms with E-state index in [-0.39, 0.29) is 18.4 Å². The van der Waals surface area contributed by atoms with Gasteiger partial charge in [0.05, 0.1) is 6.67 Å². The van der Waals surface area contributed by atoms with Gasteiger partial charge >= 0.3 is 0 Å². The third-order valence-corrected chi connectivity index (χ3v) is 2.64. The maximum absolute atomic E-state index is 12.1. The Kier molecular flexibility index (Phi) is 4.47. The third-order valence-electron chi connectivity index (χ3n) is 2.64. The molecule has 0 saturated heterocycles. The van der Waals surface area contributed by atoms with Gasteiger partial charge < -0.3 is 0 Å². The lowest BCUT2D eigenvalue weighted by atomic mass is 9.97. The normalized spacial score (nSPS) is 12.5. The molecule has 0 aromatic heterocycles. The number of rotatable bonds is 5. The maximum Gasteiger partial charge on any atom is 0.132 e. The summed E-state index contributed by atoms with van der Waals surface area (Å²) in [5.74, 6) is 0.278. The van der Waals surface area contributed by atoms with Gasteiger partial charge in [-0.3, -0.25) is 9.18 Å². The number of benzene rings is 1. The van der Waals surface area contributed by atoms with Crippen molar-refractivity contribution in [1.29, 1.82) is 0 Å². The van der Waals surface area contributed by atoms with E-state index in [4.69, 9.17) is 0 Å². The molecule has 0 aliphatic heterocycles. The number of Topliss-reactive ketones (excluding diaryl/α,β-unsaturated/α-hetero) is 1. The summed E-state index contributed by atoms with van der Waals surface area (Å²) in [4.78, 5) is 11.1. The van der Waals surface area contributed by atoms with E-state index in [9.17, 15) is 9.18 Å². The SMILES string of the molecule is CC(=O)C(C)Cc1ccc(CCF)cc1. The number of carbonyl (C=O) groups excluding carboxylic acids is 1. The highest BCUT2D eigenvalue weighted by Gasteiger charge is 2.08. The van der Waals surface area contributed by atoms with E-state index in [2.05, 4.69) is 0 Å². The van der Waals surface area contributed by atoms with Gasteiger partial charge in [0.2, 0.25) is 0 Å². The van der Waals surface area contributed by atoms with Crippen molar-refractivity contribution < 1.29 is 9.18 Å². The second-order valence-corrected chi connectivity index (χ2v) is 3.97. The first-order chi connectivity index (χ1) is 7.13. The molecule has 0 aliphatic rings. The van der Waals surface area contributed by atoms with Crippen LogP contribution < -0.4 is 0 Å². The van der Waals surface area contributed by atoms with Gasteiger partial charge in [0.15, 0.2) is 0 Å². The van der Waals surface area contributed by atoms with Crippen LogP contribution in [-0.4, -0.2) is 12.5 Å². The molecule has 0 fully saturated rings. The summed E-state index contributed by atoms with van der Waals surface area (Å²) in [5, 5.41) is 0. The van der Waals surface area contributed by atoms with E-state index in [0.717, 1.165) is 17.5 Å². The fraction of sp³-hybridized carbons (Fsp3) is 0.462. The fourth-order valence-corrected chi connectivity index (χ4v) is 1.45. The topological polar surface area (TPSA) is 17.1 Å². The zero-order chi connectivity index (χ0) is 11.3. The van der Waals surface area contributed by atoms with Gasteiger partial charge in [0.1, 0.15) is 5.78 Å². The Bertz CT molecular complexity index is 316. The molecule has 1 unspecified atom stereocenters. The van der Waals surface area contributed by atoms with Gasteiger partial charge in [-0.25, -0.2) is 0 Å². The average molecular weight is 208 g/mol. The predicted molar refractivity (Wildman–Crippen MR) is 59.7 cm³/mol. The molecule has 1 atom stereocenters. The molecule has 1 rings (SSSR count).